The zero-order valence-corrected chi connectivity index (χ0v) is 14.5. The van der Waals surface area contributed by atoms with Gasteiger partial charge >= 0.3 is 6.61 Å². The number of nitrogens with one attached hydrogen (secondary N) is 1. The normalized spacial score (nSPS) is 10.7. The summed E-state index contributed by atoms with van der Waals surface area (Å²) in [6, 6.07) is 15.9. The molecule has 2 aromatic carbocycles. The van der Waals surface area contributed by atoms with Gasteiger partial charge in [0.25, 0.3) is 0 Å². The second-order valence-electron chi connectivity index (χ2n) is 5.47. The van der Waals surface area contributed by atoms with Gasteiger partial charge in [0.05, 0.1) is 12.1 Å². The van der Waals surface area contributed by atoms with Crippen molar-refractivity contribution in [1.82, 2.24) is 10.3 Å². The van der Waals surface area contributed by atoms with Gasteiger partial charge in [0, 0.05) is 17.5 Å². The number of ether oxygens (including phenoxy) is 1. The molecule has 0 spiro atoms. The summed E-state index contributed by atoms with van der Waals surface area (Å²) < 4.78 is 28.7. The quantitative estimate of drug-likeness (QED) is 0.672. The first kappa shape index (κ1) is 18.0. The predicted octanol–water partition coefficient (Wildman–Crippen LogP) is 4.27. The molecule has 0 aliphatic rings. The smallest absolute Gasteiger partial charge is 0.387 e. The average molecular weight is 374 g/mol. The number of nitrogens with zero attached hydrogens (tertiary/aromatic N) is 1. The van der Waals surface area contributed by atoms with E-state index in [1.807, 2.05) is 35.7 Å². The van der Waals surface area contributed by atoms with E-state index in [0.717, 1.165) is 11.1 Å². The number of hydrogen-bond acceptors (Lipinski definition) is 4. The van der Waals surface area contributed by atoms with Crippen molar-refractivity contribution in [2.45, 2.75) is 19.6 Å². The molecule has 0 saturated carbocycles. The van der Waals surface area contributed by atoms with Gasteiger partial charge < -0.3 is 10.1 Å². The first-order valence-corrected chi connectivity index (χ1v) is 8.78. The van der Waals surface area contributed by atoms with Crippen molar-refractivity contribution in [2.75, 3.05) is 0 Å². The number of aromatic nitrogens is 1. The monoisotopic (exact) mass is 374 g/mol. The molecule has 3 aromatic rings. The Kier molecular flexibility index (Phi) is 5.91. The van der Waals surface area contributed by atoms with E-state index in [4.69, 9.17) is 0 Å². The van der Waals surface area contributed by atoms with Crippen molar-refractivity contribution >= 4 is 17.2 Å². The second-order valence-corrected chi connectivity index (χ2v) is 6.41. The minimum Gasteiger partial charge on any atom is -0.435 e. The molecule has 0 atom stereocenters. The molecule has 0 bridgehead atoms. The summed E-state index contributed by atoms with van der Waals surface area (Å²) in [7, 11) is 0. The van der Waals surface area contributed by atoms with E-state index in [2.05, 4.69) is 15.0 Å². The summed E-state index contributed by atoms with van der Waals surface area (Å²) in [6.45, 7) is -2.37. The Balaban J connectivity index is 1.56. The highest BCUT2D eigenvalue weighted by atomic mass is 32.1. The molecule has 0 fully saturated rings. The molecule has 1 N–H and O–H groups in total. The third-order valence-corrected chi connectivity index (χ3v) is 4.42. The summed E-state index contributed by atoms with van der Waals surface area (Å²) >= 11 is 1.39. The number of amides is 1. The van der Waals surface area contributed by atoms with Crippen LogP contribution in [0.2, 0.25) is 0 Å². The lowest BCUT2D eigenvalue weighted by atomic mass is 10.2. The van der Waals surface area contributed by atoms with Gasteiger partial charge in [-0.1, -0.05) is 30.3 Å². The van der Waals surface area contributed by atoms with E-state index in [1.54, 1.807) is 12.1 Å². The number of halogens is 2. The summed E-state index contributed by atoms with van der Waals surface area (Å²) in [5.41, 5.74) is 2.51. The maximum Gasteiger partial charge on any atom is 0.387 e. The minimum atomic E-state index is -2.85. The number of carbonyl (C=O) groups excluding carboxylic acids is 1. The number of rotatable bonds is 7. The van der Waals surface area contributed by atoms with Gasteiger partial charge in [0.2, 0.25) is 5.91 Å². The predicted molar refractivity (Wildman–Crippen MR) is 96.2 cm³/mol. The van der Waals surface area contributed by atoms with Gasteiger partial charge in [-0.25, -0.2) is 4.98 Å². The van der Waals surface area contributed by atoms with Crippen molar-refractivity contribution in [3.8, 4) is 17.0 Å². The van der Waals surface area contributed by atoms with Crippen LogP contribution in [-0.2, 0) is 17.8 Å². The molecular formula is C19H16F2N2O2S. The first-order valence-electron chi connectivity index (χ1n) is 7.90. The zero-order chi connectivity index (χ0) is 18.4. The Morgan fingerprint density at radius 2 is 1.85 bits per heavy atom. The lowest BCUT2D eigenvalue weighted by Crippen LogP contribution is -2.24. The van der Waals surface area contributed by atoms with Crippen molar-refractivity contribution in [1.29, 1.82) is 0 Å². The molecule has 1 amide bonds. The highest BCUT2D eigenvalue weighted by Crippen LogP contribution is 2.25. The number of thiazole rings is 1. The van der Waals surface area contributed by atoms with E-state index in [-0.39, 0.29) is 18.1 Å². The number of hydrogen-bond donors (Lipinski definition) is 1. The highest BCUT2D eigenvalue weighted by molar-refractivity contribution is 7.10. The van der Waals surface area contributed by atoms with Crippen LogP contribution in [0.15, 0.2) is 60.0 Å². The van der Waals surface area contributed by atoms with Gasteiger partial charge in [-0.15, -0.1) is 11.3 Å². The Morgan fingerprint density at radius 1 is 1.12 bits per heavy atom. The molecule has 1 heterocycles. The van der Waals surface area contributed by atoms with Gasteiger partial charge in [0.15, 0.2) is 0 Å². The Labute approximate surface area is 153 Å². The summed E-state index contributed by atoms with van der Waals surface area (Å²) in [4.78, 5) is 16.5. The average Bonchev–Trinajstić information content (AvgIpc) is 3.09. The Morgan fingerprint density at radius 3 is 2.54 bits per heavy atom. The van der Waals surface area contributed by atoms with E-state index in [1.165, 1.54) is 23.5 Å². The molecule has 1 aromatic heterocycles. The van der Waals surface area contributed by atoms with E-state index in [0.29, 0.717) is 17.2 Å². The third kappa shape index (κ3) is 5.10. The fourth-order valence-corrected chi connectivity index (χ4v) is 3.13. The summed E-state index contributed by atoms with van der Waals surface area (Å²) in [5, 5.41) is 5.39. The second kappa shape index (κ2) is 8.53. The van der Waals surface area contributed by atoms with Crippen LogP contribution in [0.5, 0.6) is 5.75 Å². The van der Waals surface area contributed by atoms with Gasteiger partial charge in [-0.2, -0.15) is 8.78 Å². The van der Waals surface area contributed by atoms with Crippen LogP contribution in [0.3, 0.4) is 0 Å². The maximum absolute atomic E-state index is 12.2. The van der Waals surface area contributed by atoms with E-state index < -0.39 is 6.61 Å². The van der Waals surface area contributed by atoms with Crippen LogP contribution in [0.25, 0.3) is 11.3 Å². The van der Waals surface area contributed by atoms with Crippen LogP contribution >= 0.6 is 11.3 Å². The Bertz CT molecular complexity index is 851. The largest absolute Gasteiger partial charge is 0.435 e. The molecule has 7 heteroatoms. The molecule has 0 saturated heterocycles. The zero-order valence-electron chi connectivity index (χ0n) is 13.7. The van der Waals surface area contributed by atoms with Gasteiger partial charge in [-0.05, 0) is 29.8 Å². The SMILES string of the molecule is O=C(Cc1nc(-c2ccc(OC(F)F)cc2)cs1)NCc1ccccc1. The molecule has 0 radical (unpaired) electrons. The lowest BCUT2D eigenvalue weighted by molar-refractivity contribution is -0.120. The molecule has 0 aliphatic heterocycles. The highest BCUT2D eigenvalue weighted by Gasteiger charge is 2.10. The molecule has 26 heavy (non-hydrogen) atoms. The van der Waals surface area contributed by atoms with Crippen LogP contribution in [0.4, 0.5) is 8.78 Å². The third-order valence-electron chi connectivity index (χ3n) is 3.57. The number of benzene rings is 2. The standard InChI is InChI=1S/C19H16F2N2O2S/c20-19(21)25-15-8-6-14(7-9-15)16-12-26-18(23-16)10-17(24)22-11-13-4-2-1-3-5-13/h1-9,12,19H,10-11H2,(H,22,24). The Hall–Kier alpha value is -2.80. The molecule has 0 aliphatic carbocycles. The van der Waals surface area contributed by atoms with Crippen molar-refractivity contribution in [2.24, 2.45) is 0 Å². The molecule has 3 rings (SSSR count). The number of carbonyl (C=O) groups is 1. The van der Waals surface area contributed by atoms with Crippen LogP contribution in [0.1, 0.15) is 10.6 Å². The lowest BCUT2D eigenvalue weighted by Gasteiger charge is -2.04. The maximum atomic E-state index is 12.2. The topological polar surface area (TPSA) is 51.2 Å². The van der Waals surface area contributed by atoms with Crippen molar-refractivity contribution in [3.63, 3.8) is 0 Å². The fourth-order valence-electron chi connectivity index (χ4n) is 2.33. The van der Waals surface area contributed by atoms with Crippen molar-refractivity contribution in [3.05, 3.63) is 70.5 Å². The summed E-state index contributed by atoms with van der Waals surface area (Å²) in [5.74, 6) is -0.00470. The number of alkyl halides is 2. The van der Waals surface area contributed by atoms with E-state index >= 15 is 0 Å². The fraction of sp³-hybridized carbons (Fsp3) is 0.158. The van der Waals surface area contributed by atoms with Crippen molar-refractivity contribution < 1.29 is 18.3 Å². The molecule has 134 valence electrons. The molecule has 4 nitrogen and oxygen atoms in total. The molecular weight excluding hydrogens is 358 g/mol. The van der Waals surface area contributed by atoms with Crippen LogP contribution in [0, 0.1) is 0 Å². The minimum absolute atomic E-state index is 0.0968. The first-order chi connectivity index (χ1) is 12.6. The van der Waals surface area contributed by atoms with Gasteiger partial charge in [-0.3, -0.25) is 4.79 Å². The van der Waals surface area contributed by atoms with Crippen LogP contribution in [-0.4, -0.2) is 17.5 Å². The molecule has 0 unspecified atom stereocenters. The van der Waals surface area contributed by atoms with Crippen LogP contribution < -0.4 is 10.1 Å². The van der Waals surface area contributed by atoms with E-state index in [9.17, 15) is 13.6 Å². The summed E-state index contributed by atoms with van der Waals surface area (Å²) in [6.07, 6.45) is 0.198. The van der Waals surface area contributed by atoms with Gasteiger partial charge in [0.1, 0.15) is 10.8 Å².